The molecule has 2 aromatic rings. The van der Waals surface area contributed by atoms with Crippen LogP contribution in [0.3, 0.4) is 0 Å². The van der Waals surface area contributed by atoms with Crippen LogP contribution in [0.25, 0.3) is 5.57 Å². The molecule has 3 nitrogen and oxygen atoms in total. The van der Waals surface area contributed by atoms with Crippen LogP contribution in [0.5, 0.6) is 0 Å². The van der Waals surface area contributed by atoms with Crippen LogP contribution in [0.1, 0.15) is 28.2 Å². The lowest BCUT2D eigenvalue weighted by Crippen LogP contribution is -2.32. The maximum atomic E-state index is 11.1. The van der Waals surface area contributed by atoms with Gasteiger partial charge in [0.1, 0.15) is 0 Å². The topological polar surface area (TPSA) is 40.5 Å². The zero-order valence-corrected chi connectivity index (χ0v) is 15.3. The Morgan fingerprint density at radius 1 is 1.33 bits per heavy atom. The van der Waals surface area contributed by atoms with Crippen molar-refractivity contribution in [1.82, 2.24) is 4.90 Å². The minimum absolute atomic E-state index is 0.526. The summed E-state index contributed by atoms with van der Waals surface area (Å²) in [5.41, 5.74) is 3.15. The second kappa shape index (κ2) is 7.92. The summed E-state index contributed by atoms with van der Waals surface area (Å²) in [6.07, 6.45) is 5.91. The van der Waals surface area contributed by atoms with Gasteiger partial charge in [0.25, 0.3) is 0 Å². The van der Waals surface area contributed by atoms with Crippen molar-refractivity contribution < 1.29 is 9.90 Å². The van der Waals surface area contributed by atoms with Gasteiger partial charge in [-0.15, -0.1) is 22.7 Å². The first-order valence-electron chi connectivity index (χ1n) is 8.08. The number of carboxylic acid groups (broad SMARTS) is 1. The Kier molecular flexibility index (Phi) is 5.66. The van der Waals surface area contributed by atoms with Crippen LogP contribution < -0.4 is 0 Å². The van der Waals surface area contributed by atoms with Crippen molar-refractivity contribution >= 4 is 34.2 Å². The lowest BCUT2D eigenvalue weighted by molar-refractivity contribution is -0.133. The highest BCUT2D eigenvalue weighted by Crippen LogP contribution is 2.33. The molecule has 5 heteroatoms. The lowest BCUT2D eigenvalue weighted by atomic mass is 10.1. The van der Waals surface area contributed by atoms with Gasteiger partial charge in [0.05, 0.1) is 0 Å². The van der Waals surface area contributed by atoms with Gasteiger partial charge in [-0.1, -0.05) is 18.2 Å². The molecule has 1 N–H and O–H groups in total. The number of carboxylic acids is 1. The fourth-order valence-electron chi connectivity index (χ4n) is 2.93. The van der Waals surface area contributed by atoms with Crippen molar-refractivity contribution in [3.05, 3.63) is 62.0 Å². The molecule has 0 saturated carbocycles. The van der Waals surface area contributed by atoms with Crippen LogP contribution >= 0.6 is 22.7 Å². The Balaban J connectivity index is 1.70. The van der Waals surface area contributed by atoms with E-state index in [9.17, 15) is 4.79 Å². The fraction of sp³-hybridized carbons (Fsp3) is 0.316. The summed E-state index contributed by atoms with van der Waals surface area (Å²) in [5.74, 6) is -0.788. The highest BCUT2D eigenvalue weighted by Gasteiger charge is 2.17. The van der Waals surface area contributed by atoms with E-state index in [1.165, 1.54) is 20.9 Å². The Bertz CT molecular complexity index is 756. The molecule has 24 heavy (non-hydrogen) atoms. The molecule has 0 fully saturated rings. The van der Waals surface area contributed by atoms with E-state index < -0.39 is 5.97 Å². The summed E-state index contributed by atoms with van der Waals surface area (Å²) >= 11 is 3.55. The number of aryl methyl sites for hydroxylation is 1. The summed E-state index contributed by atoms with van der Waals surface area (Å²) in [5, 5.41) is 13.4. The summed E-state index contributed by atoms with van der Waals surface area (Å²) < 4.78 is 0. The molecule has 0 saturated heterocycles. The smallest absolute Gasteiger partial charge is 0.332 e. The molecule has 0 unspecified atom stereocenters. The van der Waals surface area contributed by atoms with E-state index in [2.05, 4.69) is 46.9 Å². The first-order valence-corrected chi connectivity index (χ1v) is 9.84. The third-order valence-corrected chi connectivity index (χ3v) is 6.14. The lowest BCUT2D eigenvalue weighted by Gasteiger charge is -2.25. The minimum atomic E-state index is -0.788. The van der Waals surface area contributed by atoms with Crippen LogP contribution in [-0.2, 0) is 4.79 Å². The minimum Gasteiger partial charge on any atom is -0.478 e. The van der Waals surface area contributed by atoms with E-state index >= 15 is 0 Å². The molecule has 0 bridgehead atoms. The SMILES string of the molecule is Cc1ccsc1C(=CCCN1CCC=C(C(=O)O)C1)c1cccs1. The third-order valence-electron chi connectivity index (χ3n) is 4.19. The van der Waals surface area contributed by atoms with Crippen LogP contribution in [0.4, 0.5) is 0 Å². The average molecular weight is 360 g/mol. The third kappa shape index (κ3) is 4.04. The monoisotopic (exact) mass is 359 g/mol. The van der Waals surface area contributed by atoms with Gasteiger partial charge in [-0.2, -0.15) is 0 Å². The predicted octanol–water partition coefficient (Wildman–Crippen LogP) is 4.66. The number of aliphatic carboxylic acids is 1. The van der Waals surface area contributed by atoms with E-state index in [4.69, 9.17) is 5.11 Å². The van der Waals surface area contributed by atoms with Crippen molar-refractivity contribution in [1.29, 1.82) is 0 Å². The van der Waals surface area contributed by atoms with Crippen molar-refractivity contribution in [3.63, 3.8) is 0 Å². The van der Waals surface area contributed by atoms with Crippen LogP contribution in [0, 0.1) is 6.92 Å². The zero-order valence-electron chi connectivity index (χ0n) is 13.7. The Morgan fingerprint density at radius 3 is 2.88 bits per heavy atom. The van der Waals surface area contributed by atoms with E-state index in [0.29, 0.717) is 12.1 Å². The molecule has 1 aliphatic rings. The first kappa shape index (κ1) is 17.1. The summed E-state index contributed by atoms with van der Waals surface area (Å²) in [7, 11) is 0. The number of carbonyl (C=O) groups is 1. The Hall–Kier alpha value is -1.69. The molecule has 0 spiro atoms. The van der Waals surface area contributed by atoms with Gasteiger partial charge in [-0.05, 0) is 48.2 Å². The van der Waals surface area contributed by atoms with Crippen LogP contribution in [-0.4, -0.2) is 35.6 Å². The Morgan fingerprint density at radius 2 is 2.21 bits per heavy atom. The maximum Gasteiger partial charge on any atom is 0.332 e. The van der Waals surface area contributed by atoms with Crippen molar-refractivity contribution in [2.45, 2.75) is 19.8 Å². The van der Waals surface area contributed by atoms with Crippen LogP contribution in [0.15, 0.2) is 46.7 Å². The fourth-order valence-corrected chi connectivity index (χ4v) is 4.75. The van der Waals surface area contributed by atoms with Crippen LogP contribution in [0.2, 0.25) is 0 Å². The average Bonchev–Trinajstić information content (AvgIpc) is 3.24. The quantitative estimate of drug-likeness (QED) is 0.816. The number of nitrogens with zero attached hydrogens (tertiary/aromatic N) is 1. The Labute approximate surface area is 150 Å². The molecular formula is C19H21NO2S2. The molecule has 0 radical (unpaired) electrons. The zero-order chi connectivity index (χ0) is 16.9. The van der Waals surface area contributed by atoms with Gasteiger partial charge in [0.2, 0.25) is 0 Å². The van der Waals surface area contributed by atoms with Crippen molar-refractivity contribution in [3.8, 4) is 0 Å². The van der Waals surface area contributed by atoms with Gasteiger partial charge in [-0.3, -0.25) is 4.90 Å². The second-order valence-electron chi connectivity index (χ2n) is 5.92. The molecule has 3 heterocycles. The summed E-state index contributed by atoms with van der Waals surface area (Å²) in [4.78, 5) is 16.0. The van der Waals surface area contributed by atoms with Gasteiger partial charge in [0.15, 0.2) is 0 Å². The van der Waals surface area contributed by atoms with Crippen molar-refractivity contribution in [2.75, 3.05) is 19.6 Å². The van der Waals surface area contributed by atoms with E-state index in [1.54, 1.807) is 22.7 Å². The van der Waals surface area contributed by atoms with Gasteiger partial charge < -0.3 is 5.11 Å². The molecule has 0 amide bonds. The van der Waals surface area contributed by atoms with Gasteiger partial charge in [-0.25, -0.2) is 4.79 Å². The number of hydrogen-bond acceptors (Lipinski definition) is 4. The first-order chi connectivity index (χ1) is 11.6. The molecule has 0 atom stereocenters. The summed E-state index contributed by atoms with van der Waals surface area (Å²) in [6.45, 7) is 4.54. The number of rotatable bonds is 6. The highest BCUT2D eigenvalue weighted by molar-refractivity contribution is 7.13. The number of thiophene rings is 2. The normalized spacial score (nSPS) is 16.2. The molecular weight excluding hydrogens is 338 g/mol. The number of hydrogen-bond donors (Lipinski definition) is 1. The maximum absolute atomic E-state index is 11.1. The molecule has 2 aromatic heterocycles. The molecule has 3 rings (SSSR count). The summed E-state index contributed by atoms with van der Waals surface area (Å²) in [6, 6.07) is 6.42. The highest BCUT2D eigenvalue weighted by atomic mass is 32.1. The van der Waals surface area contributed by atoms with E-state index in [0.717, 1.165) is 25.9 Å². The second-order valence-corrected chi connectivity index (χ2v) is 7.78. The predicted molar refractivity (Wildman–Crippen MR) is 102 cm³/mol. The molecule has 0 aliphatic carbocycles. The van der Waals surface area contributed by atoms with Crippen molar-refractivity contribution in [2.24, 2.45) is 0 Å². The van der Waals surface area contributed by atoms with E-state index in [-0.39, 0.29) is 0 Å². The van der Waals surface area contributed by atoms with E-state index in [1.807, 2.05) is 6.08 Å². The molecule has 1 aliphatic heterocycles. The molecule has 126 valence electrons. The largest absolute Gasteiger partial charge is 0.478 e. The standard InChI is InChI=1S/C19H21NO2S2/c1-14-8-12-24-18(14)16(17-7-4-11-23-17)6-3-10-20-9-2-5-15(13-20)19(21)22/h4-8,11-12H,2-3,9-10,13H2,1H3,(H,21,22). The molecule has 0 aromatic carbocycles. The van der Waals surface area contributed by atoms with Gasteiger partial charge in [0, 0.05) is 40.5 Å². The van der Waals surface area contributed by atoms with Gasteiger partial charge >= 0.3 is 5.97 Å².